The number of allylic oxidation sites excluding steroid dienone is 19. The maximum absolute atomic E-state index is 12.7. The molecule has 60 heavy (non-hydrogen) atoms. The van der Waals surface area contributed by atoms with E-state index in [2.05, 4.69) is 142 Å². The molecule has 5 heteroatoms. The second-order valence-electron chi connectivity index (χ2n) is 15.2. The summed E-state index contributed by atoms with van der Waals surface area (Å²) >= 11 is 0. The van der Waals surface area contributed by atoms with Gasteiger partial charge in [0, 0.05) is 12.8 Å². The van der Waals surface area contributed by atoms with E-state index in [1.54, 1.807) is 0 Å². The summed E-state index contributed by atoms with van der Waals surface area (Å²) < 4.78 is 17.2. The quantitative estimate of drug-likeness (QED) is 0.0348. The van der Waals surface area contributed by atoms with Gasteiger partial charge in [-0.3, -0.25) is 9.59 Å². The third-order valence-corrected chi connectivity index (χ3v) is 9.48. The maximum Gasteiger partial charge on any atom is 0.306 e. The van der Waals surface area contributed by atoms with E-state index in [1.165, 1.54) is 38.5 Å². The molecule has 0 aromatic carbocycles. The third-order valence-electron chi connectivity index (χ3n) is 9.48. The summed E-state index contributed by atoms with van der Waals surface area (Å²) in [5.41, 5.74) is 0. The lowest BCUT2D eigenvalue weighted by Crippen LogP contribution is -2.30. The summed E-state index contributed by atoms with van der Waals surface area (Å²) in [5.74, 6) is -0.499. The number of unbranched alkanes of at least 4 members (excludes halogenated alkanes) is 11. The topological polar surface area (TPSA) is 61.8 Å². The SMILES string of the molecule is CC/C=C\C/C=C\C/C=C\C/C=C\C/C=C\CCOCC(COC(=O)CCCCCCC/C=C\C/C=C\CCCCC)OC(=O)CCCCC/C=C\C/C=C\C/C=C\CC. The number of carbonyl (C=O) groups excluding carboxylic acids is 2. The van der Waals surface area contributed by atoms with E-state index in [-0.39, 0.29) is 25.2 Å². The lowest BCUT2D eigenvalue weighted by atomic mass is 10.1. The molecule has 1 unspecified atom stereocenters. The normalized spacial score (nSPS) is 13.3. The van der Waals surface area contributed by atoms with Crippen LogP contribution in [0.25, 0.3) is 0 Å². The molecule has 0 fully saturated rings. The summed E-state index contributed by atoms with van der Waals surface area (Å²) in [4.78, 5) is 25.3. The van der Waals surface area contributed by atoms with Gasteiger partial charge in [0.15, 0.2) is 6.10 Å². The Balaban J connectivity index is 4.48. The fraction of sp³-hybridized carbons (Fsp3) is 0.600. The summed E-state index contributed by atoms with van der Waals surface area (Å²) in [6, 6.07) is 0. The van der Waals surface area contributed by atoms with Crippen molar-refractivity contribution in [1.29, 1.82) is 0 Å². The average Bonchev–Trinajstić information content (AvgIpc) is 3.25. The van der Waals surface area contributed by atoms with Gasteiger partial charge in [-0.25, -0.2) is 0 Å². The Morgan fingerprint density at radius 2 is 0.750 bits per heavy atom. The second kappa shape index (κ2) is 49.7. The van der Waals surface area contributed by atoms with Crippen molar-refractivity contribution in [3.05, 3.63) is 122 Å². The van der Waals surface area contributed by atoms with Crippen LogP contribution < -0.4 is 0 Å². The highest BCUT2D eigenvalue weighted by Crippen LogP contribution is 2.11. The van der Waals surface area contributed by atoms with Gasteiger partial charge in [-0.2, -0.15) is 0 Å². The maximum atomic E-state index is 12.7. The van der Waals surface area contributed by atoms with Crippen LogP contribution in [0.5, 0.6) is 0 Å². The fourth-order valence-corrected chi connectivity index (χ4v) is 5.97. The van der Waals surface area contributed by atoms with E-state index in [0.29, 0.717) is 19.4 Å². The Hall–Kier alpha value is -3.70. The zero-order chi connectivity index (χ0) is 43.5. The van der Waals surface area contributed by atoms with E-state index < -0.39 is 6.10 Å². The molecular weight excluding hydrogens is 741 g/mol. The van der Waals surface area contributed by atoms with Crippen LogP contribution in [0.2, 0.25) is 0 Å². The first kappa shape index (κ1) is 56.3. The predicted molar refractivity (Wildman–Crippen MR) is 260 cm³/mol. The van der Waals surface area contributed by atoms with Crippen molar-refractivity contribution in [3.8, 4) is 0 Å². The molecule has 0 amide bonds. The largest absolute Gasteiger partial charge is 0.462 e. The van der Waals surface area contributed by atoms with Crippen LogP contribution in [0.3, 0.4) is 0 Å². The van der Waals surface area contributed by atoms with E-state index in [4.69, 9.17) is 14.2 Å². The molecule has 0 saturated heterocycles. The van der Waals surface area contributed by atoms with Gasteiger partial charge in [-0.15, -0.1) is 0 Å². The smallest absolute Gasteiger partial charge is 0.306 e. The van der Waals surface area contributed by atoms with Crippen molar-refractivity contribution in [1.82, 2.24) is 0 Å². The third kappa shape index (κ3) is 47.0. The molecule has 0 saturated carbocycles. The lowest BCUT2D eigenvalue weighted by Gasteiger charge is -2.18. The Kier molecular flexibility index (Phi) is 46.6. The van der Waals surface area contributed by atoms with Crippen molar-refractivity contribution >= 4 is 11.9 Å². The zero-order valence-electron chi connectivity index (χ0n) is 38.7. The molecule has 5 nitrogen and oxygen atoms in total. The number of esters is 2. The predicted octanol–water partition coefficient (Wildman–Crippen LogP) is 16.2. The Morgan fingerprint density at radius 1 is 0.383 bits per heavy atom. The van der Waals surface area contributed by atoms with Gasteiger partial charge in [-0.1, -0.05) is 181 Å². The molecule has 0 N–H and O–H groups in total. The molecule has 0 radical (unpaired) electrons. The highest BCUT2D eigenvalue weighted by Gasteiger charge is 2.17. The molecule has 0 aliphatic rings. The number of rotatable bonds is 42. The molecular formula is C55H88O5. The second-order valence-corrected chi connectivity index (χ2v) is 15.2. The molecule has 0 rings (SSSR count). The first-order chi connectivity index (χ1) is 29.6. The summed E-state index contributed by atoms with van der Waals surface area (Å²) in [7, 11) is 0. The van der Waals surface area contributed by atoms with Gasteiger partial charge < -0.3 is 14.2 Å². The lowest BCUT2D eigenvalue weighted by molar-refractivity contribution is -0.162. The van der Waals surface area contributed by atoms with E-state index in [9.17, 15) is 9.59 Å². The highest BCUT2D eigenvalue weighted by molar-refractivity contribution is 5.70. The van der Waals surface area contributed by atoms with Crippen LogP contribution in [-0.4, -0.2) is 37.9 Å². The molecule has 0 aliphatic carbocycles. The number of ether oxygens (including phenoxy) is 3. The standard InChI is InChI=1S/C55H88O5/c1-4-7-10-13-16-19-22-25-27-29-32-35-38-41-44-47-50-58-51-53(60-55(57)49-46-43-40-37-34-30-24-21-18-15-12-9-6-3)52-59-54(56)48-45-42-39-36-33-31-28-26-23-20-17-14-11-8-5-2/h7,9-10,12,16-21,25-28,30,32,34-35,41,44,53H,4-6,8,11,13-15,22-24,29,31,33,36-40,42-43,45-52H2,1-3H3/b10-7-,12-9-,19-16-,20-17-,21-18-,27-25-,28-26-,34-30-,35-32-,44-41-. The van der Waals surface area contributed by atoms with E-state index in [0.717, 1.165) is 116 Å². The Morgan fingerprint density at radius 3 is 1.22 bits per heavy atom. The first-order valence-corrected chi connectivity index (χ1v) is 24.1. The van der Waals surface area contributed by atoms with Crippen molar-refractivity contribution in [2.75, 3.05) is 19.8 Å². The monoisotopic (exact) mass is 829 g/mol. The fourth-order valence-electron chi connectivity index (χ4n) is 5.97. The van der Waals surface area contributed by atoms with Gasteiger partial charge in [-0.05, 0) is 116 Å². The van der Waals surface area contributed by atoms with Crippen LogP contribution in [0.15, 0.2) is 122 Å². The molecule has 0 aromatic rings. The van der Waals surface area contributed by atoms with Crippen LogP contribution in [0.1, 0.15) is 188 Å². The van der Waals surface area contributed by atoms with Crippen LogP contribution in [-0.2, 0) is 23.8 Å². The Bertz CT molecular complexity index is 1260. The molecule has 0 heterocycles. The minimum atomic E-state index is -0.604. The van der Waals surface area contributed by atoms with Crippen LogP contribution >= 0.6 is 0 Å². The molecule has 0 aromatic heterocycles. The number of hydrogen-bond donors (Lipinski definition) is 0. The molecule has 338 valence electrons. The minimum Gasteiger partial charge on any atom is -0.462 e. The summed E-state index contributed by atoms with van der Waals surface area (Å²) in [5, 5.41) is 0. The molecule has 0 aliphatic heterocycles. The van der Waals surface area contributed by atoms with Gasteiger partial charge in [0.1, 0.15) is 6.61 Å². The van der Waals surface area contributed by atoms with Crippen LogP contribution in [0.4, 0.5) is 0 Å². The molecule has 0 bridgehead atoms. The summed E-state index contributed by atoms with van der Waals surface area (Å²) in [6.45, 7) is 7.29. The van der Waals surface area contributed by atoms with Crippen LogP contribution in [0, 0.1) is 0 Å². The summed E-state index contributed by atoms with van der Waals surface area (Å²) in [6.07, 6.45) is 69.4. The van der Waals surface area contributed by atoms with Crippen molar-refractivity contribution in [3.63, 3.8) is 0 Å². The first-order valence-electron chi connectivity index (χ1n) is 24.1. The van der Waals surface area contributed by atoms with Gasteiger partial charge in [0.05, 0.1) is 13.2 Å². The Labute approximate surface area is 369 Å². The molecule has 1 atom stereocenters. The van der Waals surface area contributed by atoms with Crippen molar-refractivity contribution < 1.29 is 23.8 Å². The highest BCUT2D eigenvalue weighted by atomic mass is 16.6. The number of hydrogen-bond acceptors (Lipinski definition) is 5. The molecule has 0 spiro atoms. The van der Waals surface area contributed by atoms with Crippen molar-refractivity contribution in [2.24, 2.45) is 0 Å². The van der Waals surface area contributed by atoms with Crippen molar-refractivity contribution in [2.45, 2.75) is 194 Å². The van der Waals surface area contributed by atoms with Gasteiger partial charge in [0.2, 0.25) is 0 Å². The minimum absolute atomic E-state index is 0.0284. The average molecular weight is 829 g/mol. The van der Waals surface area contributed by atoms with Gasteiger partial charge >= 0.3 is 11.9 Å². The zero-order valence-corrected chi connectivity index (χ0v) is 38.7. The van der Waals surface area contributed by atoms with E-state index in [1.807, 2.05) is 0 Å². The van der Waals surface area contributed by atoms with E-state index >= 15 is 0 Å². The van der Waals surface area contributed by atoms with Gasteiger partial charge in [0.25, 0.3) is 0 Å². The number of carbonyl (C=O) groups is 2.